The summed E-state index contributed by atoms with van der Waals surface area (Å²) in [6.45, 7) is 1.62. The summed E-state index contributed by atoms with van der Waals surface area (Å²) in [7, 11) is 0. The number of hydrogen-bond acceptors (Lipinski definition) is 5. The first-order valence-corrected chi connectivity index (χ1v) is 10.9. The van der Waals surface area contributed by atoms with Crippen LogP contribution in [0.2, 0.25) is 5.02 Å². The van der Waals surface area contributed by atoms with Crippen molar-refractivity contribution in [1.82, 2.24) is 19.7 Å². The van der Waals surface area contributed by atoms with Gasteiger partial charge in [0.2, 0.25) is 0 Å². The molecule has 3 aromatic rings. The number of anilines is 1. The predicted molar refractivity (Wildman–Crippen MR) is 119 cm³/mol. The standard InChI is InChI=1S/C23H22ClN5O3/c24-18-5-7-19(8-6-18)29-14-23(32-22(29)31)9-2-11-27(12-10-23)21(30)17-3-1-4-20(13-17)28-15-25-26-16-28/h1,3-8,13,15-16H,2,9-12,14H2/t23-/m1/s1. The molecule has 1 aromatic heterocycles. The van der Waals surface area contributed by atoms with Crippen molar-refractivity contribution in [3.05, 3.63) is 71.8 Å². The summed E-state index contributed by atoms with van der Waals surface area (Å²) in [5.41, 5.74) is 1.61. The molecule has 164 valence electrons. The van der Waals surface area contributed by atoms with Crippen LogP contribution in [0, 0.1) is 0 Å². The molecule has 3 heterocycles. The molecular weight excluding hydrogens is 430 g/mol. The van der Waals surface area contributed by atoms with E-state index in [1.54, 1.807) is 34.3 Å². The van der Waals surface area contributed by atoms with E-state index in [0.717, 1.165) is 17.8 Å². The van der Waals surface area contributed by atoms with E-state index in [9.17, 15) is 9.59 Å². The summed E-state index contributed by atoms with van der Waals surface area (Å²) in [5, 5.41) is 8.26. The number of aromatic nitrogens is 3. The zero-order valence-corrected chi connectivity index (χ0v) is 18.1. The van der Waals surface area contributed by atoms with Gasteiger partial charge in [-0.1, -0.05) is 17.7 Å². The topological polar surface area (TPSA) is 80.6 Å². The van der Waals surface area contributed by atoms with Crippen molar-refractivity contribution in [2.75, 3.05) is 24.5 Å². The third kappa shape index (κ3) is 3.93. The molecule has 8 nitrogen and oxygen atoms in total. The number of rotatable bonds is 3. The van der Waals surface area contributed by atoms with E-state index in [1.807, 2.05) is 41.3 Å². The summed E-state index contributed by atoms with van der Waals surface area (Å²) < 4.78 is 7.63. The molecule has 0 saturated carbocycles. The lowest BCUT2D eigenvalue weighted by atomic mass is 9.95. The highest BCUT2D eigenvalue weighted by Crippen LogP contribution is 2.36. The van der Waals surface area contributed by atoms with E-state index >= 15 is 0 Å². The van der Waals surface area contributed by atoms with Crippen molar-refractivity contribution in [3.8, 4) is 5.69 Å². The van der Waals surface area contributed by atoms with Crippen molar-refractivity contribution >= 4 is 29.3 Å². The highest BCUT2D eigenvalue weighted by atomic mass is 35.5. The maximum Gasteiger partial charge on any atom is 0.415 e. The van der Waals surface area contributed by atoms with Gasteiger partial charge in [0.15, 0.2) is 0 Å². The van der Waals surface area contributed by atoms with Crippen LogP contribution in [-0.2, 0) is 4.74 Å². The molecule has 0 unspecified atom stereocenters. The van der Waals surface area contributed by atoms with Crippen LogP contribution in [-0.4, -0.2) is 56.9 Å². The minimum Gasteiger partial charge on any atom is -0.441 e. The molecule has 5 rings (SSSR count). The summed E-state index contributed by atoms with van der Waals surface area (Å²) in [6, 6.07) is 14.6. The van der Waals surface area contributed by atoms with Crippen LogP contribution in [0.5, 0.6) is 0 Å². The maximum atomic E-state index is 13.2. The SMILES string of the molecule is O=C(c1cccc(-n2cnnc2)c1)N1CCC[C@@]2(CC1)CN(c1ccc(Cl)cc1)C(=O)O2. The third-order valence-corrected chi connectivity index (χ3v) is 6.36. The van der Waals surface area contributed by atoms with Gasteiger partial charge in [-0.3, -0.25) is 14.3 Å². The number of benzene rings is 2. The van der Waals surface area contributed by atoms with E-state index in [1.165, 1.54) is 0 Å². The number of carbonyl (C=O) groups excluding carboxylic acids is 2. The first-order valence-electron chi connectivity index (χ1n) is 10.5. The number of nitrogens with zero attached hydrogens (tertiary/aromatic N) is 5. The van der Waals surface area contributed by atoms with Gasteiger partial charge in [-0.15, -0.1) is 10.2 Å². The smallest absolute Gasteiger partial charge is 0.415 e. The lowest BCUT2D eigenvalue weighted by Gasteiger charge is -2.25. The molecule has 2 amide bonds. The predicted octanol–water partition coefficient (Wildman–Crippen LogP) is 3.94. The minimum absolute atomic E-state index is 0.0316. The van der Waals surface area contributed by atoms with Gasteiger partial charge in [-0.05, 0) is 55.3 Å². The number of carbonyl (C=O) groups is 2. The summed E-state index contributed by atoms with van der Waals surface area (Å²) in [4.78, 5) is 29.3. The van der Waals surface area contributed by atoms with Gasteiger partial charge in [-0.25, -0.2) is 4.79 Å². The zero-order valence-electron chi connectivity index (χ0n) is 17.4. The first-order chi connectivity index (χ1) is 15.5. The molecule has 1 atom stereocenters. The molecule has 9 heteroatoms. The molecule has 32 heavy (non-hydrogen) atoms. The second kappa shape index (κ2) is 8.27. The van der Waals surface area contributed by atoms with E-state index in [4.69, 9.17) is 16.3 Å². The molecule has 0 aliphatic carbocycles. The quantitative estimate of drug-likeness (QED) is 0.602. The third-order valence-electron chi connectivity index (χ3n) is 6.10. The molecule has 2 aliphatic rings. The Morgan fingerprint density at radius 1 is 1.00 bits per heavy atom. The molecule has 2 saturated heterocycles. The molecule has 2 aliphatic heterocycles. The Morgan fingerprint density at radius 3 is 2.56 bits per heavy atom. The van der Waals surface area contributed by atoms with Crippen LogP contribution >= 0.6 is 11.6 Å². The fourth-order valence-corrected chi connectivity index (χ4v) is 4.52. The monoisotopic (exact) mass is 451 g/mol. The van der Waals surface area contributed by atoms with Gasteiger partial charge < -0.3 is 9.64 Å². The summed E-state index contributed by atoms with van der Waals surface area (Å²) >= 11 is 5.97. The maximum absolute atomic E-state index is 13.2. The Hall–Kier alpha value is -3.39. The second-order valence-electron chi connectivity index (χ2n) is 8.18. The van der Waals surface area contributed by atoms with Gasteiger partial charge in [0, 0.05) is 41.5 Å². The normalized spacial score (nSPS) is 21.0. The van der Waals surface area contributed by atoms with Gasteiger partial charge in [0.1, 0.15) is 18.3 Å². The van der Waals surface area contributed by atoms with E-state index < -0.39 is 5.60 Å². The Morgan fingerprint density at radius 2 is 1.78 bits per heavy atom. The average molecular weight is 452 g/mol. The fourth-order valence-electron chi connectivity index (χ4n) is 4.39. The second-order valence-corrected chi connectivity index (χ2v) is 8.62. The van der Waals surface area contributed by atoms with Crippen LogP contribution < -0.4 is 4.90 Å². The number of amides is 2. The van der Waals surface area contributed by atoms with Crippen molar-refractivity contribution in [2.45, 2.75) is 24.9 Å². The van der Waals surface area contributed by atoms with E-state index in [0.29, 0.717) is 43.1 Å². The fraction of sp³-hybridized carbons (Fsp3) is 0.304. The van der Waals surface area contributed by atoms with Crippen LogP contribution in [0.3, 0.4) is 0 Å². The highest BCUT2D eigenvalue weighted by Gasteiger charge is 2.46. The molecule has 0 radical (unpaired) electrons. The lowest BCUT2D eigenvalue weighted by Crippen LogP contribution is -2.37. The molecule has 1 spiro atoms. The number of ether oxygens (including phenoxy) is 1. The van der Waals surface area contributed by atoms with Gasteiger partial charge in [0.05, 0.1) is 6.54 Å². The molecule has 0 N–H and O–H groups in total. The van der Waals surface area contributed by atoms with Crippen LogP contribution in [0.25, 0.3) is 5.69 Å². The lowest BCUT2D eigenvalue weighted by molar-refractivity contribution is 0.0438. The Kier molecular flexibility index (Phi) is 5.30. The van der Waals surface area contributed by atoms with Crippen molar-refractivity contribution in [1.29, 1.82) is 0 Å². The molecule has 0 bridgehead atoms. The Balaban J connectivity index is 1.29. The van der Waals surface area contributed by atoms with Crippen LogP contribution in [0.1, 0.15) is 29.6 Å². The van der Waals surface area contributed by atoms with Crippen molar-refractivity contribution in [3.63, 3.8) is 0 Å². The minimum atomic E-state index is -0.587. The van der Waals surface area contributed by atoms with Gasteiger partial charge in [-0.2, -0.15) is 0 Å². The van der Waals surface area contributed by atoms with E-state index in [2.05, 4.69) is 10.2 Å². The van der Waals surface area contributed by atoms with Crippen molar-refractivity contribution in [2.24, 2.45) is 0 Å². The van der Waals surface area contributed by atoms with Gasteiger partial charge >= 0.3 is 6.09 Å². The van der Waals surface area contributed by atoms with Crippen LogP contribution in [0.4, 0.5) is 10.5 Å². The average Bonchev–Trinajstić information content (AvgIpc) is 3.40. The molecular formula is C23H22ClN5O3. The summed E-state index contributed by atoms with van der Waals surface area (Å²) in [5.74, 6) is -0.0316. The zero-order chi connectivity index (χ0) is 22.1. The largest absolute Gasteiger partial charge is 0.441 e. The van der Waals surface area contributed by atoms with Gasteiger partial charge in [0.25, 0.3) is 5.91 Å². The first kappa shape index (κ1) is 20.5. The number of hydrogen-bond donors (Lipinski definition) is 0. The highest BCUT2D eigenvalue weighted by molar-refractivity contribution is 6.30. The summed E-state index contributed by atoms with van der Waals surface area (Å²) in [6.07, 6.45) is 4.92. The Bertz CT molecular complexity index is 1130. The Labute approximate surface area is 190 Å². The van der Waals surface area contributed by atoms with Crippen molar-refractivity contribution < 1.29 is 14.3 Å². The number of halogens is 1. The number of likely N-dealkylation sites (tertiary alicyclic amines) is 1. The van der Waals surface area contributed by atoms with E-state index in [-0.39, 0.29) is 12.0 Å². The van der Waals surface area contributed by atoms with Crippen LogP contribution in [0.15, 0.2) is 61.2 Å². The molecule has 2 aromatic carbocycles. The molecule has 2 fully saturated rings.